The molecule has 0 amide bonds. The molecule has 0 N–H and O–H groups in total. The van der Waals surface area contributed by atoms with Crippen molar-refractivity contribution < 1.29 is 14.4 Å². The Hall–Kier alpha value is -2.81. The predicted octanol–water partition coefficient (Wildman–Crippen LogP) is 8.39. The maximum atomic E-state index is 14.5. The molecule has 1 aromatic heterocycles. The molecule has 0 saturated heterocycles. The van der Waals surface area contributed by atoms with Crippen molar-refractivity contribution in [2.75, 3.05) is 0 Å². The first kappa shape index (κ1) is 33.1. The first-order valence-electron chi connectivity index (χ1n) is 16.2. The molecule has 0 radical (unpaired) electrons. The number of hydrogen-bond acceptors (Lipinski definition) is 5. The summed E-state index contributed by atoms with van der Waals surface area (Å²) in [6, 6.07) is 2.16. The Morgan fingerprint density at radius 3 is 2.33 bits per heavy atom. The minimum absolute atomic E-state index is 0.0175. The van der Waals surface area contributed by atoms with Crippen LogP contribution in [0, 0.1) is 70.0 Å². The second kappa shape index (κ2) is 11.0. The number of aryl methyl sites for hydroxylation is 2. The second-order valence-corrected chi connectivity index (χ2v) is 16.2. The molecule has 2 saturated carbocycles. The van der Waals surface area contributed by atoms with E-state index in [-0.39, 0.29) is 57.0 Å². The number of Topliss-reactive ketones (excluding diaryl/α,β-unsaturated/α-hetero) is 1. The SMILES string of the molecule is CC(=O)/C=C1/[C@@]2(C)C=C(C#N)C(=O)[C@@H](C)[C@@H]2CC[C@@]1(C)C(C)(C)CC[C@@]1(C(=O)n2cc(C)nc2C)CCC(C)(C)CC1C. The smallest absolute Gasteiger partial charge is 0.238 e. The third-order valence-corrected chi connectivity index (χ3v) is 12.5. The van der Waals surface area contributed by atoms with E-state index >= 15 is 0 Å². The zero-order valence-corrected chi connectivity index (χ0v) is 28.5. The van der Waals surface area contributed by atoms with Gasteiger partial charge in [0.05, 0.1) is 16.7 Å². The molecule has 43 heavy (non-hydrogen) atoms. The predicted molar refractivity (Wildman–Crippen MR) is 170 cm³/mol. The molecule has 0 aromatic carbocycles. The minimum atomic E-state index is -0.574. The zero-order valence-electron chi connectivity index (χ0n) is 28.5. The third-order valence-electron chi connectivity index (χ3n) is 12.5. The maximum absolute atomic E-state index is 14.5. The summed E-state index contributed by atoms with van der Waals surface area (Å²) in [5.41, 5.74) is 0.553. The number of ketones is 2. The Labute approximate surface area is 259 Å². The van der Waals surface area contributed by atoms with Crippen molar-refractivity contribution in [3.63, 3.8) is 0 Å². The molecule has 0 aliphatic heterocycles. The van der Waals surface area contributed by atoms with Gasteiger partial charge in [-0.25, -0.2) is 4.98 Å². The van der Waals surface area contributed by atoms with Gasteiger partial charge in [0.25, 0.3) is 0 Å². The lowest BCUT2D eigenvalue weighted by Crippen LogP contribution is -2.53. The molecular weight excluding hydrogens is 534 g/mol. The van der Waals surface area contributed by atoms with Crippen LogP contribution in [0.15, 0.2) is 29.5 Å². The quantitative estimate of drug-likeness (QED) is 0.312. The van der Waals surface area contributed by atoms with Crippen LogP contribution in [-0.2, 0) is 9.59 Å². The van der Waals surface area contributed by atoms with Crippen molar-refractivity contribution in [2.45, 2.75) is 121 Å². The number of nitriles is 1. The molecule has 3 aliphatic rings. The van der Waals surface area contributed by atoms with Crippen LogP contribution in [0.25, 0.3) is 0 Å². The van der Waals surface area contributed by atoms with Crippen LogP contribution in [0.3, 0.4) is 0 Å². The molecule has 234 valence electrons. The van der Waals surface area contributed by atoms with Crippen LogP contribution >= 0.6 is 0 Å². The number of aromatic nitrogens is 2. The van der Waals surface area contributed by atoms with Gasteiger partial charge in [-0.3, -0.25) is 19.0 Å². The molecule has 6 heteroatoms. The largest absolute Gasteiger partial charge is 0.295 e. The van der Waals surface area contributed by atoms with E-state index in [0.717, 1.165) is 62.0 Å². The molecule has 0 spiro atoms. The van der Waals surface area contributed by atoms with Crippen LogP contribution in [0.5, 0.6) is 0 Å². The summed E-state index contributed by atoms with van der Waals surface area (Å²) >= 11 is 0. The molecule has 1 aromatic rings. The number of hydrogen-bond donors (Lipinski definition) is 0. The average Bonchev–Trinajstić information content (AvgIpc) is 3.24. The second-order valence-electron chi connectivity index (χ2n) is 16.2. The molecule has 1 unspecified atom stereocenters. The number of imidazole rings is 1. The molecule has 2 fully saturated rings. The fourth-order valence-electron chi connectivity index (χ4n) is 9.34. The first-order valence-corrected chi connectivity index (χ1v) is 16.2. The van der Waals surface area contributed by atoms with Crippen molar-refractivity contribution in [3.8, 4) is 6.07 Å². The van der Waals surface area contributed by atoms with Gasteiger partial charge in [0.15, 0.2) is 11.6 Å². The van der Waals surface area contributed by atoms with Gasteiger partial charge in [-0.2, -0.15) is 5.26 Å². The van der Waals surface area contributed by atoms with Crippen molar-refractivity contribution in [1.82, 2.24) is 9.55 Å². The molecule has 0 bridgehead atoms. The van der Waals surface area contributed by atoms with Crippen LogP contribution in [-0.4, -0.2) is 27.0 Å². The van der Waals surface area contributed by atoms with Gasteiger partial charge < -0.3 is 0 Å². The highest BCUT2D eigenvalue weighted by Crippen LogP contribution is 2.65. The van der Waals surface area contributed by atoms with E-state index in [1.54, 1.807) is 17.6 Å². The highest BCUT2D eigenvalue weighted by molar-refractivity contribution is 6.02. The van der Waals surface area contributed by atoms with Crippen LogP contribution in [0.2, 0.25) is 0 Å². The molecule has 6 atom stereocenters. The maximum Gasteiger partial charge on any atom is 0.238 e. The Kier molecular flexibility index (Phi) is 8.44. The molecular formula is C37H53N3O3. The van der Waals surface area contributed by atoms with Gasteiger partial charge >= 0.3 is 0 Å². The Bertz CT molecular complexity index is 1430. The summed E-state index contributed by atoms with van der Waals surface area (Å²) in [7, 11) is 0. The third kappa shape index (κ3) is 5.40. The lowest BCUT2D eigenvalue weighted by atomic mass is 9.44. The number of allylic oxidation sites excluding steroid dienone is 4. The van der Waals surface area contributed by atoms with Crippen molar-refractivity contribution in [1.29, 1.82) is 5.26 Å². The van der Waals surface area contributed by atoms with E-state index in [4.69, 9.17) is 0 Å². The molecule has 1 heterocycles. The lowest BCUT2D eigenvalue weighted by Gasteiger charge is -2.59. The first-order chi connectivity index (χ1) is 19.7. The summed E-state index contributed by atoms with van der Waals surface area (Å²) in [4.78, 5) is 44.9. The monoisotopic (exact) mass is 587 g/mol. The number of carbonyl (C=O) groups is 3. The van der Waals surface area contributed by atoms with Gasteiger partial charge in [-0.15, -0.1) is 0 Å². The zero-order chi connectivity index (χ0) is 32.3. The Morgan fingerprint density at radius 1 is 1.14 bits per heavy atom. The summed E-state index contributed by atoms with van der Waals surface area (Å²) in [6.45, 7) is 23.2. The van der Waals surface area contributed by atoms with E-state index in [2.05, 4.69) is 59.5 Å². The topological polar surface area (TPSA) is 92.8 Å². The summed E-state index contributed by atoms with van der Waals surface area (Å²) < 4.78 is 1.79. The number of rotatable bonds is 6. The van der Waals surface area contributed by atoms with Crippen LogP contribution in [0.1, 0.15) is 124 Å². The Balaban J connectivity index is 1.77. The standard InChI is InChI=1S/C37H53N3O3/c1-23-19-33(6,7)14-16-37(23,32(43)40-22-24(2)39-27(40)5)17-15-34(8,9)36(11)13-12-29-26(4)31(42)28(21-38)20-35(29,10)30(36)18-25(3)41/h18,20,22-23,26,29H,12-17,19H2,1-11H3/b30-18-/t23?,26-,29-,35-,36+,37-/m0/s1. The van der Waals surface area contributed by atoms with Gasteiger partial charge in [0, 0.05) is 17.5 Å². The summed E-state index contributed by atoms with van der Waals surface area (Å²) in [5.74, 6) is 0.761. The highest BCUT2D eigenvalue weighted by Gasteiger charge is 2.59. The van der Waals surface area contributed by atoms with Gasteiger partial charge in [-0.1, -0.05) is 67.0 Å². The van der Waals surface area contributed by atoms with Crippen molar-refractivity contribution >= 4 is 17.5 Å². The van der Waals surface area contributed by atoms with Crippen LogP contribution < -0.4 is 0 Å². The van der Waals surface area contributed by atoms with Gasteiger partial charge in [-0.05, 0) is 99.9 Å². The highest BCUT2D eigenvalue weighted by atomic mass is 16.2. The molecule has 3 aliphatic carbocycles. The number of carbonyl (C=O) groups excluding carboxylic acids is 3. The average molecular weight is 588 g/mol. The summed E-state index contributed by atoms with van der Waals surface area (Å²) in [5, 5.41) is 9.86. The van der Waals surface area contributed by atoms with Gasteiger partial charge in [0.1, 0.15) is 11.9 Å². The summed E-state index contributed by atoms with van der Waals surface area (Å²) in [6.07, 6.45) is 11.6. The van der Waals surface area contributed by atoms with E-state index in [1.807, 2.05) is 33.0 Å². The lowest BCUT2D eigenvalue weighted by molar-refractivity contribution is -0.123. The minimum Gasteiger partial charge on any atom is -0.295 e. The number of nitrogens with zero attached hydrogens (tertiary/aromatic N) is 3. The number of fused-ring (bicyclic) bond motifs is 1. The van der Waals surface area contributed by atoms with Gasteiger partial charge in [0.2, 0.25) is 5.91 Å². The van der Waals surface area contributed by atoms with E-state index in [1.165, 1.54) is 0 Å². The van der Waals surface area contributed by atoms with Crippen molar-refractivity contribution in [3.05, 3.63) is 41.0 Å². The van der Waals surface area contributed by atoms with Crippen molar-refractivity contribution in [2.24, 2.45) is 44.8 Å². The van der Waals surface area contributed by atoms with E-state index < -0.39 is 10.8 Å². The fraction of sp³-hybridized carbons (Fsp3) is 0.703. The molecule has 4 rings (SSSR count). The van der Waals surface area contributed by atoms with E-state index in [9.17, 15) is 19.6 Å². The fourth-order valence-corrected chi connectivity index (χ4v) is 9.34. The molecule has 6 nitrogen and oxygen atoms in total. The van der Waals surface area contributed by atoms with E-state index in [0.29, 0.717) is 0 Å². The Morgan fingerprint density at radius 2 is 1.79 bits per heavy atom. The normalized spacial score (nSPS) is 35.2. The van der Waals surface area contributed by atoms with Crippen LogP contribution in [0.4, 0.5) is 0 Å².